The summed E-state index contributed by atoms with van der Waals surface area (Å²) in [7, 11) is 0.491. The largest absolute Gasteiger partial charge is 0.398 e. The van der Waals surface area contributed by atoms with E-state index in [2.05, 4.69) is 27.8 Å². The number of hydrogen-bond donors (Lipinski definition) is 1. The van der Waals surface area contributed by atoms with Gasteiger partial charge in [0.2, 0.25) is 10.0 Å². The number of rotatable bonds is 3. The molecule has 20 heavy (non-hydrogen) atoms. The third-order valence-corrected chi connectivity index (χ3v) is 6.36. The average Bonchev–Trinajstić information content (AvgIpc) is 2.75. The summed E-state index contributed by atoms with van der Waals surface area (Å²) in [6.45, 7) is 3.14. The molecule has 0 radical (unpaired) electrons. The number of nitrogens with two attached hydrogens (primary N) is 1. The van der Waals surface area contributed by atoms with Gasteiger partial charge in [-0.15, -0.1) is 0 Å². The van der Waals surface area contributed by atoms with Crippen molar-refractivity contribution in [1.82, 2.24) is 9.21 Å². The number of nitrogen functional groups attached to an aromatic ring is 1. The highest BCUT2D eigenvalue weighted by atomic mass is 79.9. The Morgan fingerprint density at radius 3 is 2.50 bits per heavy atom. The number of sulfonamides is 1. The molecular formula is C13H20BrN3O2S. The molecule has 1 aliphatic rings. The summed E-state index contributed by atoms with van der Waals surface area (Å²) >= 11 is 3.28. The van der Waals surface area contributed by atoms with Crippen LogP contribution in [0.3, 0.4) is 0 Å². The van der Waals surface area contributed by atoms with E-state index in [-0.39, 0.29) is 10.9 Å². The molecule has 0 bridgehead atoms. The fraction of sp³-hybridized carbons (Fsp3) is 0.538. The molecule has 0 saturated carbocycles. The van der Waals surface area contributed by atoms with E-state index in [0.29, 0.717) is 29.2 Å². The molecule has 112 valence electrons. The molecule has 0 aromatic heterocycles. The molecule has 0 amide bonds. The molecule has 7 heteroatoms. The number of anilines is 1. The zero-order valence-corrected chi connectivity index (χ0v) is 14.3. The highest BCUT2D eigenvalue weighted by molar-refractivity contribution is 9.10. The molecule has 1 aromatic rings. The Labute approximate surface area is 128 Å². The first-order chi connectivity index (χ1) is 9.23. The van der Waals surface area contributed by atoms with Gasteiger partial charge in [0.05, 0.1) is 4.90 Å². The number of nitrogens with zero attached hydrogens (tertiary/aromatic N) is 2. The maximum Gasteiger partial charge on any atom is 0.243 e. The van der Waals surface area contributed by atoms with Crippen LogP contribution in [0.1, 0.15) is 6.92 Å². The highest BCUT2D eigenvalue weighted by Gasteiger charge is 2.38. The molecule has 1 aromatic carbocycles. The first kappa shape index (κ1) is 15.8. The lowest BCUT2D eigenvalue weighted by Crippen LogP contribution is -2.35. The molecule has 2 atom stereocenters. The van der Waals surface area contributed by atoms with Crippen molar-refractivity contribution in [3.63, 3.8) is 0 Å². The first-order valence-electron chi connectivity index (χ1n) is 6.45. The van der Waals surface area contributed by atoms with E-state index in [1.807, 2.05) is 14.1 Å². The minimum atomic E-state index is -3.47. The normalized spacial score (nSPS) is 24.4. The number of benzene rings is 1. The lowest BCUT2D eigenvalue weighted by atomic mass is 10.1. The predicted octanol–water partition coefficient (Wildman–Crippen LogP) is 1.60. The lowest BCUT2D eigenvalue weighted by molar-refractivity contribution is 0.263. The zero-order valence-electron chi connectivity index (χ0n) is 11.9. The number of halogens is 1. The summed E-state index contributed by atoms with van der Waals surface area (Å²) in [4.78, 5) is 2.33. The van der Waals surface area contributed by atoms with Crippen LogP contribution < -0.4 is 5.73 Å². The summed E-state index contributed by atoms with van der Waals surface area (Å²) in [6.07, 6.45) is 0. The summed E-state index contributed by atoms with van der Waals surface area (Å²) in [5, 5.41) is 0. The molecule has 1 fully saturated rings. The van der Waals surface area contributed by atoms with Crippen LogP contribution in [0.15, 0.2) is 27.6 Å². The molecular weight excluding hydrogens is 342 g/mol. The Kier molecular flexibility index (Phi) is 4.44. The van der Waals surface area contributed by atoms with Crippen LogP contribution in [0.2, 0.25) is 0 Å². The standard InChI is InChI=1S/C13H20BrN3O2S/c1-9-7-17(8-13(9)16(2)3)20(18,19)10-4-5-11(14)12(15)6-10/h4-6,9,13H,7-8,15H2,1-3H3. The van der Waals surface area contributed by atoms with Gasteiger partial charge in [-0.25, -0.2) is 8.42 Å². The van der Waals surface area contributed by atoms with Crippen molar-refractivity contribution < 1.29 is 8.42 Å². The first-order valence-corrected chi connectivity index (χ1v) is 8.68. The topological polar surface area (TPSA) is 66.6 Å². The van der Waals surface area contributed by atoms with Crippen LogP contribution in [-0.2, 0) is 10.0 Å². The Morgan fingerprint density at radius 2 is 2.00 bits per heavy atom. The Hall–Kier alpha value is -0.630. The van der Waals surface area contributed by atoms with E-state index in [1.54, 1.807) is 16.4 Å². The second kappa shape index (κ2) is 5.63. The monoisotopic (exact) mass is 361 g/mol. The molecule has 5 nitrogen and oxygen atoms in total. The summed E-state index contributed by atoms with van der Waals surface area (Å²) in [5.74, 6) is 0.313. The van der Waals surface area contributed by atoms with Crippen molar-refractivity contribution in [3.05, 3.63) is 22.7 Å². The SMILES string of the molecule is CC1CN(S(=O)(=O)c2ccc(Br)c(N)c2)CC1N(C)C. The maximum atomic E-state index is 12.6. The molecule has 2 unspecified atom stereocenters. The maximum absolute atomic E-state index is 12.6. The van der Waals surface area contributed by atoms with Crippen LogP contribution in [-0.4, -0.2) is 50.8 Å². The second-order valence-corrected chi connectivity index (χ2v) is 8.31. The van der Waals surface area contributed by atoms with E-state index in [0.717, 1.165) is 0 Å². The van der Waals surface area contributed by atoms with Crippen LogP contribution in [0, 0.1) is 5.92 Å². The fourth-order valence-electron chi connectivity index (χ4n) is 2.61. The van der Waals surface area contributed by atoms with Crippen molar-refractivity contribution in [2.45, 2.75) is 17.9 Å². The van der Waals surface area contributed by atoms with Gasteiger partial charge in [-0.05, 0) is 54.1 Å². The second-order valence-electron chi connectivity index (χ2n) is 5.51. The van der Waals surface area contributed by atoms with Crippen LogP contribution in [0.5, 0.6) is 0 Å². The van der Waals surface area contributed by atoms with Gasteiger partial charge < -0.3 is 10.6 Å². The molecule has 2 N–H and O–H groups in total. The third kappa shape index (κ3) is 2.86. The van der Waals surface area contributed by atoms with E-state index in [4.69, 9.17) is 5.73 Å². The van der Waals surface area contributed by atoms with Crippen molar-refractivity contribution in [3.8, 4) is 0 Å². The minimum Gasteiger partial charge on any atom is -0.398 e. The van der Waals surface area contributed by atoms with Gasteiger partial charge in [-0.1, -0.05) is 6.92 Å². The Bertz CT molecular complexity index is 604. The van der Waals surface area contributed by atoms with Gasteiger partial charge in [0.15, 0.2) is 0 Å². The van der Waals surface area contributed by atoms with E-state index >= 15 is 0 Å². The minimum absolute atomic E-state index is 0.248. The molecule has 1 aliphatic heterocycles. The lowest BCUT2D eigenvalue weighted by Gasteiger charge is -2.22. The number of likely N-dealkylation sites (N-methyl/N-ethyl adjacent to an activating group) is 1. The molecule has 1 saturated heterocycles. The Morgan fingerprint density at radius 1 is 1.35 bits per heavy atom. The quantitative estimate of drug-likeness (QED) is 0.830. The smallest absolute Gasteiger partial charge is 0.243 e. The van der Waals surface area contributed by atoms with Crippen molar-refractivity contribution in [2.75, 3.05) is 32.9 Å². The van der Waals surface area contributed by atoms with Gasteiger partial charge >= 0.3 is 0 Å². The van der Waals surface area contributed by atoms with E-state index in [1.165, 1.54) is 6.07 Å². The van der Waals surface area contributed by atoms with Crippen LogP contribution in [0.4, 0.5) is 5.69 Å². The fourth-order valence-corrected chi connectivity index (χ4v) is 4.45. The third-order valence-electron chi connectivity index (χ3n) is 3.81. The highest BCUT2D eigenvalue weighted by Crippen LogP contribution is 2.29. The van der Waals surface area contributed by atoms with Gasteiger partial charge in [-0.2, -0.15) is 4.31 Å². The van der Waals surface area contributed by atoms with Crippen LogP contribution in [0.25, 0.3) is 0 Å². The van der Waals surface area contributed by atoms with Crippen molar-refractivity contribution in [2.24, 2.45) is 5.92 Å². The van der Waals surface area contributed by atoms with Gasteiger partial charge in [0.1, 0.15) is 0 Å². The van der Waals surface area contributed by atoms with Crippen LogP contribution >= 0.6 is 15.9 Å². The molecule has 0 aliphatic carbocycles. The molecule has 0 spiro atoms. The average molecular weight is 362 g/mol. The Balaban J connectivity index is 2.30. The zero-order chi connectivity index (χ0) is 15.1. The van der Waals surface area contributed by atoms with Gasteiger partial charge in [-0.3, -0.25) is 0 Å². The summed E-state index contributed by atoms with van der Waals surface area (Å²) in [5.41, 5.74) is 6.21. The summed E-state index contributed by atoms with van der Waals surface area (Å²) in [6, 6.07) is 5.01. The van der Waals surface area contributed by atoms with Crippen molar-refractivity contribution in [1.29, 1.82) is 0 Å². The van der Waals surface area contributed by atoms with E-state index < -0.39 is 10.0 Å². The van der Waals surface area contributed by atoms with Crippen molar-refractivity contribution >= 4 is 31.6 Å². The molecule has 2 rings (SSSR count). The number of hydrogen-bond acceptors (Lipinski definition) is 4. The molecule has 1 heterocycles. The van der Waals surface area contributed by atoms with Gasteiger partial charge in [0.25, 0.3) is 0 Å². The summed E-state index contributed by atoms with van der Waals surface area (Å²) < 4.78 is 27.5. The van der Waals surface area contributed by atoms with Gasteiger partial charge in [0, 0.05) is 29.3 Å². The predicted molar refractivity (Wildman–Crippen MR) is 84.0 cm³/mol. The van der Waals surface area contributed by atoms with E-state index in [9.17, 15) is 8.42 Å².